The molecule has 0 atom stereocenters. The fourth-order valence-electron chi connectivity index (χ4n) is 3.24. The van der Waals surface area contributed by atoms with Crippen LogP contribution in [0.5, 0.6) is 0 Å². The average molecular weight is 389 g/mol. The fourth-order valence-corrected chi connectivity index (χ4v) is 3.53. The van der Waals surface area contributed by atoms with Crippen LogP contribution in [0.1, 0.15) is 17.3 Å². The number of hydrogen-bond donors (Lipinski definition) is 1. The number of benzene rings is 2. The number of para-hydroxylation sites is 2. The fraction of sp³-hybridized carbons (Fsp3) is 0.316. The molecular formula is C19H21ClN4O3. The van der Waals surface area contributed by atoms with Gasteiger partial charge in [-0.1, -0.05) is 36.7 Å². The number of nitro groups is 1. The summed E-state index contributed by atoms with van der Waals surface area (Å²) in [5.74, 6) is -0.530. The van der Waals surface area contributed by atoms with Crippen molar-refractivity contribution in [3.63, 3.8) is 0 Å². The quantitative estimate of drug-likeness (QED) is 0.624. The zero-order chi connectivity index (χ0) is 19.4. The molecule has 0 bridgehead atoms. The van der Waals surface area contributed by atoms with E-state index < -0.39 is 10.8 Å². The maximum absolute atomic E-state index is 12.7. The van der Waals surface area contributed by atoms with E-state index in [0.29, 0.717) is 10.7 Å². The first-order valence-electron chi connectivity index (χ1n) is 8.82. The first kappa shape index (κ1) is 19.1. The van der Waals surface area contributed by atoms with Crippen molar-refractivity contribution in [3.05, 3.63) is 63.2 Å². The molecule has 7 nitrogen and oxygen atoms in total. The normalized spacial score (nSPS) is 14.8. The second kappa shape index (κ2) is 8.37. The van der Waals surface area contributed by atoms with Crippen molar-refractivity contribution < 1.29 is 9.72 Å². The van der Waals surface area contributed by atoms with Crippen LogP contribution in [0.4, 0.5) is 17.1 Å². The van der Waals surface area contributed by atoms with Crippen LogP contribution in [0.3, 0.4) is 0 Å². The molecule has 8 heteroatoms. The van der Waals surface area contributed by atoms with Crippen LogP contribution >= 0.6 is 11.6 Å². The third-order valence-electron chi connectivity index (χ3n) is 4.72. The van der Waals surface area contributed by atoms with E-state index in [0.717, 1.165) is 38.4 Å². The topological polar surface area (TPSA) is 78.7 Å². The van der Waals surface area contributed by atoms with Gasteiger partial charge in [0.2, 0.25) is 0 Å². The van der Waals surface area contributed by atoms with E-state index in [1.54, 1.807) is 24.3 Å². The lowest BCUT2D eigenvalue weighted by Gasteiger charge is -2.36. The summed E-state index contributed by atoms with van der Waals surface area (Å²) in [6.45, 7) is 6.55. The molecule has 0 aromatic heterocycles. The SMILES string of the molecule is CCN1CCN(c2c(Cl)cccc2NC(=O)c2ccccc2[N+](=O)[O-])CC1. The molecule has 0 unspecified atom stereocenters. The Morgan fingerprint density at radius 1 is 1.15 bits per heavy atom. The van der Waals surface area contributed by atoms with Crippen molar-refractivity contribution in [3.8, 4) is 0 Å². The van der Waals surface area contributed by atoms with Gasteiger partial charge in [-0.05, 0) is 24.7 Å². The van der Waals surface area contributed by atoms with Gasteiger partial charge in [0.25, 0.3) is 11.6 Å². The molecule has 2 aromatic carbocycles. The largest absolute Gasteiger partial charge is 0.366 e. The third kappa shape index (κ3) is 4.20. The zero-order valence-corrected chi connectivity index (χ0v) is 15.8. The van der Waals surface area contributed by atoms with Crippen LogP contribution in [-0.4, -0.2) is 48.5 Å². The predicted molar refractivity (Wildman–Crippen MR) is 107 cm³/mol. The predicted octanol–water partition coefficient (Wildman–Crippen LogP) is 3.64. The van der Waals surface area contributed by atoms with Crippen molar-refractivity contribution in [1.29, 1.82) is 0 Å². The Morgan fingerprint density at radius 2 is 1.85 bits per heavy atom. The van der Waals surface area contributed by atoms with E-state index >= 15 is 0 Å². The second-order valence-corrected chi connectivity index (χ2v) is 6.69. The van der Waals surface area contributed by atoms with Crippen molar-refractivity contribution in [2.45, 2.75) is 6.92 Å². The van der Waals surface area contributed by atoms with Gasteiger partial charge in [0.05, 0.1) is 21.3 Å². The van der Waals surface area contributed by atoms with Crippen LogP contribution in [0.25, 0.3) is 0 Å². The van der Waals surface area contributed by atoms with Crippen molar-refractivity contribution in [1.82, 2.24) is 4.90 Å². The molecule has 1 heterocycles. The smallest absolute Gasteiger partial charge is 0.282 e. The lowest BCUT2D eigenvalue weighted by molar-refractivity contribution is -0.385. The maximum Gasteiger partial charge on any atom is 0.282 e. The highest BCUT2D eigenvalue weighted by Gasteiger charge is 2.24. The number of nitro benzene ring substituents is 1. The molecular weight excluding hydrogens is 368 g/mol. The number of nitrogens with one attached hydrogen (secondary N) is 1. The number of piperazine rings is 1. The Balaban J connectivity index is 1.87. The number of halogens is 1. The number of carbonyl (C=O) groups excluding carboxylic acids is 1. The molecule has 0 radical (unpaired) electrons. The summed E-state index contributed by atoms with van der Waals surface area (Å²) < 4.78 is 0. The summed E-state index contributed by atoms with van der Waals surface area (Å²) in [7, 11) is 0. The number of nitrogens with zero attached hydrogens (tertiary/aromatic N) is 3. The lowest BCUT2D eigenvalue weighted by atomic mass is 10.1. The summed E-state index contributed by atoms with van der Waals surface area (Å²) in [4.78, 5) is 27.8. The maximum atomic E-state index is 12.7. The molecule has 1 N–H and O–H groups in total. The monoisotopic (exact) mass is 388 g/mol. The Bertz CT molecular complexity index is 851. The van der Waals surface area contributed by atoms with Crippen LogP contribution in [0, 0.1) is 10.1 Å². The molecule has 1 amide bonds. The highest BCUT2D eigenvalue weighted by Crippen LogP contribution is 2.35. The summed E-state index contributed by atoms with van der Waals surface area (Å²) in [5, 5.41) is 14.5. The van der Waals surface area contributed by atoms with Gasteiger partial charge in [-0.3, -0.25) is 14.9 Å². The van der Waals surface area contributed by atoms with E-state index in [1.807, 2.05) is 0 Å². The van der Waals surface area contributed by atoms with Crippen LogP contribution in [-0.2, 0) is 0 Å². The molecule has 2 aromatic rings. The highest BCUT2D eigenvalue weighted by molar-refractivity contribution is 6.34. The van der Waals surface area contributed by atoms with E-state index in [4.69, 9.17) is 11.6 Å². The Morgan fingerprint density at radius 3 is 2.52 bits per heavy atom. The van der Waals surface area contributed by atoms with E-state index in [2.05, 4.69) is 22.0 Å². The van der Waals surface area contributed by atoms with Gasteiger partial charge in [0, 0.05) is 32.2 Å². The summed E-state index contributed by atoms with van der Waals surface area (Å²) in [6, 6.07) is 11.2. The summed E-state index contributed by atoms with van der Waals surface area (Å²) in [6.07, 6.45) is 0. The van der Waals surface area contributed by atoms with Crippen LogP contribution in [0.15, 0.2) is 42.5 Å². The Hall–Kier alpha value is -2.64. The third-order valence-corrected chi connectivity index (χ3v) is 5.02. The number of amides is 1. The van der Waals surface area contributed by atoms with Gasteiger partial charge in [-0.2, -0.15) is 0 Å². The number of carbonyl (C=O) groups is 1. The van der Waals surface area contributed by atoms with Gasteiger partial charge < -0.3 is 15.1 Å². The minimum Gasteiger partial charge on any atom is -0.366 e. The van der Waals surface area contributed by atoms with Crippen molar-refractivity contribution in [2.24, 2.45) is 0 Å². The Labute approximate surface area is 162 Å². The lowest BCUT2D eigenvalue weighted by Crippen LogP contribution is -2.46. The van der Waals surface area contributed by atoms with Crippen LogP contribution < -0.4 is 10.2 Å². The highest BCUT2D eigenvalue weighted by atomic mass is 35.5. The van der Waals surface area contributed by atoms with Gasteiger partial charge in [-0.15, -0.1) is 0 Å². The number of likely N-dealkylation sites (N-methyl/N-ethyl adjacent to an activating group) is 1. The number of rotatable bonds is 5. The van der Waals surface area contributed by atoms with E-state index in [1.165, 1.54) is 18.2 Å². The molecule has 3 rings (SSSR count). The zero-order valence-electron chi connectivity index (χ0n) is 15.0. The summed E-state index contributed by atoms with van der Waals surface area (Å²) >= 11 is 6.43. The van der Waals surface area contributed by atoms with Gasteiger partial charge in [0.15, 0.2) is 0 Å². The molecule has 27 heavy (non-hydrogen) atoms. The van der Waals surface area contributed by atoms with Gasteiger partial charge in [0.1, 0.15) is 5.56 Å². The average Bonchev–Trinajstić information content (AvgIpc) is 2.68. The van der Waals surface area contributed by atoms with Gasteiger partial charge in [-0.25, -0.2) is 0 Å². The number of anilines is 2. The summed E-state index contributed by atoms with van der Waals surface area (Å²) in [5.41, 5.74) is 1.09. The van der Waals surface area contributed by atoms with E-state index in [-0.39, 0.29) is 11.3 Å². The standard InChI is InChI=1S/C19H21ClN4O3/c1-2-22-10-12-23(13-11-22)18-15(20)7-5-8-16(18)21-19(25)14-6-3-4-9-17(14)24(26)27/h3-9H,2,10-13H2,1H3,(H,21,25). The second-order valence-electron chi connectivity index (χ2n) is 6.29. The first-order chi connectivity index (χ1) is 13.0. The van der Waals surface area contributed by atoms with Gasteiger partial charge >= 0.3 is 0 Å². The Kier molecular flexibility index (Phi) is 5.93. The molecule has 142 valence electrons. The molecule has 0 saturated carbocycles. The minimum atomic E-state index is -0.558. The first-order valence-corrected chi connectivity index (χ1v) is 9.19. The molecule has 1 saturated heterocycles. The van der Waals surface area contributed by atoms with Crippen molar-refractivity contribution in [2.75, 3.05) is 42.9 Å². The van der Waals surface area contributed by atoms with E-state index in [9.17, 15) is 14.9 Å². The van der Waals surface area contributed by atoms with Crippen LogP contribution in [0.2, 0.25) is 5.02 Å². The molecule has 1 aliphatic heterocycles. The molecule has 1 aliphatic rings. The van der Waals surface area contributed by atoms with Crippen molar-refractivity contribution >= 4 is 34.6 Å². The molecule has 1 fully saturated rings. The molecule has 0 aliphatic carbocycles. The number of hydrogen-bond acceptors (Lipinski definition) is 5. The molecule has 0 spiro atoms. The minimum absolute atomic E-state index is 0.0178.